The van der Waals surface area contributed by atoms with Crippen molar-refractivity contribution in [1.29, 1.82) is 0 Å². The van der Waals surface area contributed by atoms with Gasteiger partial charge in [0.05, 0.1) is 0 Å². The Morgan fingerprint density at radius 2 is 2.00 bits per heavy atom. The third-order valence-electron chi connectivity index (χ3n) is 4.00. The molecule has 0 aliphatic heterocycles. The molecule has 0 aromatic carbocycles. The molecule has 2 rings (SSSR count). The number of rotatable bonds is 4. The maximum atomic E-state index is 11.5. The summed E-state index contributed by atoms with van der Waals surface area (Å²) in [6.07, 6.45) is 4.98. The van der Waals surface area contributed by atoms with Crippen LogP contribution in [0.1, 0.15) is 74.2 Å². The van der Waals surface area contributed by atoms with E-state index in [4.69, 9.17) is 4.52 Å². The van der Waals surface area contributed by atoms with Crippen molar-refractivity contribution >= 4 is 5.97 Å². The van der Waals surface area contributed by atoms with Crippen molar-refractivity contribution in [2.75, 3.05) is 0 Å². The second kappa shape index (κ2) is 5.76. The zero-order valence-electron chi connectivity index (χ0n) is 12.0. The third kappa shape index (κ3) is 3.17. The lowest BCUT2D eigenvalue weighted by Crippen LogP contribution is -2.14. The van der Waals surface area contributed by atoms with Gasteiger partial charge in [0, 0.05) is 12.3 Å². The van der Waals surface area contributed by atoms with Gasteiger partial charge in [-0.2, -0.15) is 0 Å². The molecule has 0 amide bonds. The Morgan fingerprint density at radius 3 is 2.53 bits per heavy atom. The van der Waals surface area contributed by atoms with Crippen LogP contribution in [0.15, 0.2) is 4.52 Å². The summed E-state index contributed by atoms with van der Waals surface area (Å²) in [5.74, 6) is 1.01. The summed E-state index contributed by atoms with van der Waals surface area (Å²) >= 11 is 0. The monoisotopic (exact) mass is 265 g/mol. The molecule has 0 unspecified atom stereocenters. The van der Waals surface area contributed by atoms with E-state index in [1.165, 1.54) is 0 Å². The maximum absolute atomic E-state index is 11.5. The fourth-order valence-electron chi connectivity index (χ4n) is 2.89. The van der Waals surface area contributed by atoms with Crippen molar-refractivity contribution < 1.29 is 14.4 Å². The molecule has 0 saturated heterocycles. The molecule has 1 saturated carbocycles. The highest BCUT2D eigenvalue weighted by molar-refractivity contribution is 5.90. The van der Waals surface area contributed by atoms with Crippen LogP contribution >= 0.6 is 0 Å². The molecule has 1 fully saturated rings. The van der Waals surface area contributed by atoms with Gasteiger partial charge in [0.15, 0.2) is 5.76 Å². The van der Waals surface area contributed by atoms with Crippen LogP contribution in [-0.2, 0) is 6.42 Å². The van der Waals surface area contributed by atoms with E-state index in [0.29, 0.717) is 29.4 Å². The molecule has 0 bridgehead atoms. The number of carboxylic acid groups (broad SMARTS) is 1. The van der Waals surface area contributed by atoms with Crippen LogP contribution in [0.3, 0.4) is 0 Å². The fourth-order valence-corrected chi connectivity index (χ4v) is 2.89. The first-order valence-electron chi connectivity index (χ1n) is 7.20. The Labute approximate surface area is 114 Å². The Morgan fingerprint density at radius 1 is 1.37 bits per heavy atom. The first-order chi connectivity index (χ1) is 8.99. The predicted molar refractivity (Wildman–Crippen MR) is 72.4 cm³/mol. The highest BCUT2D eigenvalue weighted by Gasteiger charge is 2.30. The van der Waals surface area contributed by atoms with Gasteiger partial charge in [-0.15, -0.1) is 0 Å². The zero-order chi connectivity index (χ0) is 14.0. The van der Waals surface area contributed by atoms with Crippen LogP contribution < -0.4 is 0 Å². The summed E-state index contributed by atoms with van der Waals surface area (Å²) in [5, 5.41) is 13.5. The Hall–Kier alpha value is -1.32. The van der Waals surface area contributed by atoms with Crippen molar-refractivity contribution in [3.8, 4) is 0 Å². The first kappa shape index (κ1) is 14.1. The van der Waals surface area contributed by atoms with Crippen molar-refractivity contribution in [2.45, 2.75) is 58.8 Å². The molecule has 1 aliphatic carbocycles. The van der Waals surface area contributed by atoms with E-state index in [1.54, 1.807) is 0 Å². The third-order valence-corrected chi connectivity index (χ3v) is 4.00. The van der Waals surface area contributed by atoms with E-state index in [-0.39, 0.29) is 5.92 Å². The van der Waals surface area contributed by atoms with Crippen LogP contribution in [-0.4, -0.2) is 16.2 Å². The SMILES string of the molecule is CC(C)Cc1onc(C2CCC(C)CC2)c1C(=O)O. The van der Waals surface area contributed by atoms with Crippen LogP contribution in [0.2, 0.25) is 0 Å². The quantitative estimate of drug-likeness (QED) is 0.897. The normalized spacial score (nSPS) is 23.8. The van der Waals surface area contributed by atoms with Gasteiger partial charge in [0.1, 0.15) is 11.3 Å². The molecule has 1 heterocycles. The number of hydrogen-bond acceptors (Lipinski definition) is 3. The largest absolute Gasteiger partial charge is 0.477 e. The van der Waals surface area contributed by atoms with Gasteiger partial charge in [-0.05, 0) is 24.7 Å². The average molecular weight is 265 g/mol. The smallest absolute Gasteiger partial charge is 0.341 e. The number of aromatic nitrogens is 1. The highest BCUT2D eigenvalue weighted by Crippen LogP contribution is 2.37. The molecule has 106 valence electrons. The Balaban J connectivity index is 2.25. The van der Waals surface area contributed by atoms with E-state index in [1.807, 2.05) is 0 Å². The minimum atomic E-state index is -0.898. The summed E-state index contributed by atoms with van der Waals surface area (Å²) in [6.45, 7) is 6.35. The van der Waals surface area contributed by atoms with Crippen molar-refractivity contribution in [3.63, 3.8) is 0 Å². The van der Waals surface area contributed by atoms with E-state index in [0.717, 1.165) is 31.6 Å². The lowest BCUT2D eigenvalue weighted by Gasteiger charge is -2.24. The number of carbonyl (C=O) groups is 1. The summed E-state index contributed by atoms with van der Waals surface area (Å²) < 4.78 is 5.32. The number of hydrogen-bond donors (Lipinski definition) is 1. The lowest BCUT2D eigenvalue weighted by molar-refractivity contribution is 0.0692. The van der Waals surface area contributed by atoms with Gasteiger partial charge in [0.2, 0.25) is 0 Å². The van der Waals surface area contributed by atoms with Crippen molar-refractivity contribution in [1.82, 2.24) is 5.16 Å². The topological polar surface area (TPSA) is 63.3 Å². The van der Waals surface area contributed by atoms with Crippen molar-refractivity contribution in [2.24, 2.45) is 11.8 Å². The first-order valence-corrected chi connectivity index (χ1v) is 7.20. The summed E-state index contributed by atoms with van der Waals surface area (Å²) in [4.78, 5) is 11.5. The summed E-state index contributed by atoms with van der Waals surface area (Å²) in [7, 11) is 0. The van der Waals surface area contributed by atoms with E-state index in [9.17, 15) is 9.90 Å². The molecular formula is C15H23NO3. The minimum absolute atomic E-state index is 0.256. The van der Waals surface area contributed by atoms with Crippen LogP contribution in [0, 0.1) is 11.8 Å². The van der Waals surface area contributed by atoms with Gasteiger partial charge >= 0.3 is 5.97 Å². The van der Waals surface area contributed by atoms with Gasteiger partial charge in [-0.3, -0.25) is 0 Å². The van der Waals surface area contributed by atoms with Crippen LogP contribution in [0.25, 0.3) is 0 Å². The molecule has 0 radical (unpaired) electrons. The molecule has 0 spiro atoms. The second-order valence-corrected chi connectivity index (χ2v) is 6.23. The molecule has 1 aliphatic rings. The Kier molecular flexibility index (Phi) is 4.27. The van der Waals surface area contributed by atoms with E-state index >= 15 is 0 Å². The molecule has 4 nitrogen and oxygen atoms in total. The second-order valence-electron chi connectivity index (χ2n) is 6.23. The Bertz CT molecular complexity index is 442. The minimum Gasteiger partial charge on any atom is -0.477 e. The summed E-state index contributed by atoms with van der Waals surface area (Å²) in [5.41, 5.74) is 1.00. The zero-order valence-corrected chi connectivity index (χ0v) is 12.0. The van der Waals surface area contributed by atoms with Crippen molar-refractivity contribution in [3.05, 3.63) is 17.0 Å². The number of nitrogens with zero attached hydrogens (tertiary/aromatic N) is 1. The molecular weight excluding hydrogens is 242 g/mol. The van der Waals surface area contributed by atoms with Crippen LogP contribution in [0.4, 0.5) is 0 Å². The number of aromatic carboxylic acids is 1. The van der Waals surface area contributed by atoms with Gasteiger partial charge in [-0.1, -0.05) is 38.8 Å². The lowest BCUT2D eigenvalue weighted by atomic mass is 9.80. The highest BCUT2D eigenvalue weighted by atomic mass is 16.5. The van der Waals surface area contributed by atoms with Gasteiger partial charge in [0.25, 0.3) is 0 Å². The number of carboxylic acids is 1. The van der Waals surface area contributed by atoms with E-state index in [2.05, 4.69) is 25.9 Å². The molecule has 4 heteroatoms. The summed E-state index contributed by atoms with van der Waals surface area (Å²) in [6, 6.07) is 0. The fraction of sp³-hybridized carbons (Fsp3) is 0.733. The standard InChI is InChI=1S/C15H23NO3/c1-9(2)8-12-13(15(17)18)14(16-19-12)11-6-4-10(3)5-7-11/h9-11H,4-8H2,1-3H3,(H,17,18). The van der Waals surface area contributed by atoms with Gasteiger partial charge < -0.3 is 9.63 Å². The van der Waals surface area contributed by atoms with Crippen LogP contribution in [0.5, 0.6) is 0 Å². The molecule has 1 aromatic rings. The van der Waals surface area contributed by atoms with Gasteiger partial charge in [-0.25, -0.2) is 4.79 Å². The van der Waals surface area contributed by atoms with E-state index < -0.39 is 5.97 Å². The molecule has 19 heavy (non-hydrogen) atoms. The molecule has 1 N–H and O–H groups in total. The molecule has 0 atom stereocenters. The average Bonchev–Trinajstić information content (AvgIpc) is 2.73. The predicted octanol–water partition coefficient (Wildman–Crippen LogP) is 3.87. The maximum Gasteiger partial charge on any atom is 0.341 e. The molecule has 1 aromatic heterocycles.